The Morgan fingerprint density at radius 1 is 1.37 bits per heavy atom. The van der Waals surface area contributed by atoms with E-state index in [1.54, 1.807) is 0 Å². The lowest BCUT2D eigenvalue weighted by molar-refractivity contribution is -0.350. The summed E-state index contributed by atoms with van der Waals surface area (Å²) in [5.41, 5.74) is 0.177. The van der Waals surface area contributed by atoms with Crippen LogP contribution in [0.3, 0.4) is 0 Å². The highest BCUT2D eigenvalue weighted by atomic mass is 19.4. The van der Waals surface area contributed by atoms with Gasteiger partial charge in [0.05, 0.1) is 12.7 Å². The summed E-state index contributed by atoms with van der Waals surface area (Å²) < 4.78 is 70.6. The van der Waals surface area contributed by atoms with E-state index in [0.29, 0.717) is 0 Å². The Bertz CT molecular complexity index is 358. The van der Waals surface area contributed by atoms with Crippen molar-refractivity contribution in [3.63, 3.8) is 0 Å². The summed E-state index contributed by atoms with van der Waals surface area (Å²) in [5, 5.41) is 0. The molecule has 19 heavy (non-hydrogen) atoms. The SMILES string of the molecule is C=C(C)C(=O)OCCC1CC(C(F)(F)C(F)(F)F)O1. The molecule has 0 saturated carbocycles. The molecule has 0 aliphatic carbocycles. The minimum atomic E-state index is -5.62. The smallest absolute Gasteiger partial charge is 0.456 e. The molecule has 8 heteroatoms. The Labute approximate surface area is 106 Å². The van der Waals surface area contributed by atoms with E-state index < -0.39 is 36.7 Å². The second-order valence-electron chi connectivity index (χ2n) is 4.31. The Balaban J connectivity index is 2.28. The molecule has 2 unspecified atom stereocenters. The molecular formula is C11H13F5O3. The molecule has 2 atom stereocenters. The maximum atomic E-state index is 12.8. The van der Waals surface area contributed by atoms with Gasteiger partial charge in [0, 0.05) is 18.4 Å². The lowest BCUT2D eigenvalue weighted by atomic mass is 9.97. The topological polar surface area (TPSA) is 35.5 Å². The van der Waals surface area contributed by atoms with Gasteiger partial charge in [-0.1, -0.05) is 6.58 Å². The van der Waals surface area contributed by atoms with Crippen LogP contribution in [0.4, 0.5) is 22.0 Å². The fourth-order valence-electron chi connectivity index (χ4n) is 1.47. The van der Waals surface area contributed by atoms with Gasteiger partial charge in [-0.3, -0.25) is 0 Å². The van der Waals surface area contributed by atoms with Gasteiger partial charge in [-0.25, -0.2) is 4.79 Å². The van der Waals surface area contributed by atoms with Crippen LogP contribution in [0, 0.1) is 0 Å². The van der Waals surface area contributed by atoms with E-state index in [4.69, 9.17) is 0 Å². The number of carbonyl (C=O) groups is 1. The first-order valence-electron chi connectivity index (χ1n) is 5.48. The first-order valence-corrected chi connectivity index (χ1v) is 5.48. The molecule has 0 spiro atoms. The van der Waals surface area contributed by atoms with E-state index >= 15 is 0 Å². The highest BCUT2D eigenvalue weighted by Gasteiger charge is 2.65. The van der Waals surface area contributed by atoms with Crippen molar-refractivity contribution in [2.45, 2.75) is 44.1 Å². The van der Waals surface area contributed by atoms with Crippen LogP contribution >= 0.6 is 0 Å². The molecular weight excluding hydrogens is 275 g/mol. The van der Waals surface area contributed by atoms with Gasteiger partial charge in [0.2, 0.25) is 0 Å². The molecule has 0 radical (unpaired) electrons. The number of esters is 1. The molecule has 110 valence electrons. The van der Waals surface area contributed by atoms with Crippen molar-refractivity contribution in [3.8, 4) is 0 Å². The minimum Gasteiger partial charge on any atom is -0.462 e. The second kappa shape index (κ2) is 5.44. The Hall–Kier alpha value is -1.18. The van der Waals surface area contributed by atoms with Crippen LogP contribution in [0.15, 0.2) is 12.2 Å². The molecule has 0 aromatic heterocycles. The normalized spacial score (nSPS) is 23.7. The van der Waals surface area contributed by atoms with Crippen molar-refractivity contribution in [2.24, 2.45) is 0 Å². The summed E-state index contributed by atoms with van der Waals surface area (Å²) in [6.07, 6.45) is -8.87. The number of alkyl halides is 5. The zero-order chi connectivity index (χ0) is 14.8. The van der Waals surface area contributed by atoms with Crippen LogP contribution in [-0.2, 0) is 14.3 Å². The molecule has 0 aromatic rings. The summed E-state index contributed by atoms with van der Waals surface area (Å²) in [4.78, 5) is 11.0. The van der Waals surface area contributed by atoms with Crippen LogP contribution in [0.1, 0.15) is 19.8 Å². The first kappa shape index (κ1) is 15.9. The van der Waals surface area contributed by atoms with Crippen molar-refractivity contribution in [1.82, 2.24) is 0 Å². The zero-order valence-electron chi connectivity index (χ0n) is 10.1. The van der Waals surface area contributed by atoms with Gasteiger partial charge in [0.25, 0.3) is 0 Å². The third kappa shape index (κ3) is 3.65. The Morgan fingerprint density at radius 2 is 1.89 bits per heavy atom. The van der Waals surface area contributed by atoms with Crippen molar-refractivity contribution in [2.75, 3.05) is 6.61 Å². The van der Waals surface area contributed by atoms with Gasteiger partial charge in [-0.2, -0.15) is 22.0 Å². The minimum absolute atomic E-state index is 0.0729. The lowest BCUT2D eigenvalue weighted by Gasteiger charge is -2.40. The fourth-order valence-corrected chi connectivity index (χ4v) is 1.47. The summed E-state index contributed by atoms with van der Waals surface area (Å²) in [5.74, 6) is -5.49. The van der Waals surface area contributed by atoms with Crippen molar-refractivity contribution in [1.29, 1.82) is 0 Å². The van der Waals surface area contributed by atoms with E-state index in [9.17, 15) is 26.7 Å². The summed E-state index contributed by atoms with van der Waals surface area (Å²) >= 11 is 0. The molecule has 3 nitrogen and oxygen atoms in total. The van der Waals surface area contributed by atoms with Gasteiger partial charge in [-0.15, -0.1) is 0 Å². The molecule has 1 aliphatic rings. The van der Waals surface area contributed by atoms with Gasteiger partial charge in [0.1, 0.15) is 6.10 Å². The van der Waals surface area contributed by atoms with Gasteiger partial charge >= 0.3 is 18.1 Å². The maximum absolute atomic E-state index is 12.8. The molecule has 0 N–H and O–H groups in total. The van der Waals surface area contributed by atoms with Crippen LogP contribution in [0.2, 0.25) is 0 Å². The van der Waals surface area contributed by atoms with Crippen molar-refractivity contribution in [3.05, 3.63) is 12.2 Å². The van der Waals surface area contributed by atoms with Crippen LogP contribution in [0.5, 0.6) is 0 Å². The second-order valence-corrected chi connectivity index (χ2v) is 4.31. The van der Waals surface area contributed by atoms with E-state index in [-0.39, 0.29) is 18.6 Å². The van der Waals surface area contributed by atoms with E-state index in [1.165, 1.54) is 6.92 Å². The lowest BCUT2D eigenvalue weighted by Crippen LogP contribution is -2.56. The van der Waals surface area contributed by atoms with Crippen LogP contribution in [-0.4, -0.2) is 36.9 Å². The summed E-state index contributed by atoms with van der Waals surface area (Å²) in [6, 6.07) is 0. The molecule has 0 amide bonds. The number of hydrogen-bond donors (Lipinski definition) is 0. The average molecular weight is 288 g/mol. The number of hydrogen-bond acceptors (Lipinski definition) is 3. The number of halogens is 5. The summed E-state index contributed by atoms with van der Waals surface area (Å²) in [7, 11) is 0. The number of carbonyl (C=O) groups excluding carboxylic acids is 1. The molecule has 0 bridgehead atoms. The van der Waals surface area contributed by atoms with Gasteiger partial charge in [0.15, 0.2) is 0 Å². The van der Waals surface area contributed by atoms with E-state index in [0.717, 1.165) is 0 Å². The average Bonchev–Trinajstić information content (AvgIpc) is 2.18. The molecule has 0 aromatic carbocycles. The fraction of sp³-hybridized carbons (Fsp3) is 0.727. The monoisotopic (exact) mass is 288 g/mol. The maximum Gasteiger partial charge on any atom is 0.456 e. The summed E-state index contributed by atoms with van der Waals surface area (Å²) in [6.45, 7) is 4.65. The highest BCUT2D eigenvalue weighted by Crippen LogP contribution is 2.45. The van der Waals surface area contributed by atoms with Crippen molar-refractivity contribution >= 4 is 5.97 Å². The van der Waals surface area contributed by atoms with Crippen molar-refractivity contribution < 1.29 is 36.2 Å². The predicted octanol–water partition coefficient (Wildman–Crippen LogP) is 2.85. The molecule has 1 rings (SSSR count). The first-order chi connectivity index (χ1) is 8.55. The number of ether oxygens (including phenoxy) is 2. The molecule has 1 saturated heterocycles. The third-order valence-corrected chi connectivity index (χ3v) is 2.64. The quantitative estimate of drug-likeness (QED) is 0.443. The van der Waals surface area contributed by atoms with E-state index in [1.807, 2.05) is 0 Å². The Morgan fingerprint density at radius 3 is 2.32 bits per heavy atom. The predicted molar refractivity (Wildman–Crippen MR) is 54.7 cm³/mol. The largest absolute Gasteiger partial charge is 0.462 e. The molecule has 1 fully saturated rings. The van der Waals surface area contributed by atoms with Crippen LogP contribution < -0.4 is 0 Å². The molecule has 1 heterocycles. The van der Waals surface area contributed by atoms with Gasteiger partial charge < -0.3 is 9.47 Å². The van der Waals surface area contributed by atoms with Crippen LogP contribution in [0.25, 0.3) is 0 Å². The number of rotatable bonds is 5. The zero-order valence-corrected chi connectivity index (χ0v) is 10.1. The highest BCUT2D eigenvalue weighted by molar-refractivity contribution is 5.86. The standard InChI is InChI=1S/C11H13F5O3/c1-6(2)9(17)18-4-3-7-5-8(19-7)10(12,13)11(14,15)16/h7-8H,1,3-5H2,2H3. The Kier molecular flexibility index (Phi) is 4.54. The van der Waals surface area contributed by atoms with E-state index in [2.05, 4.69) is 16.1 Å². The molecule has 1 aliphatic heterocycles. The third-order valence-electron chi connectivity index (χ3n) is 2.64. The van der Waals surface area contributed by atoms with Gasteiger partial charge in [-0.05, 0) is 6.92 Å².